The normalized spacial score (nSPS) is 11.5. The van der Waals surface area contributed by atoms with Crippen molar-refractivity contribution >= 4 is 18.5 Å². The minimum Gasteiger partial charge on any atom is -0.388 e. The Labute approximate surface area is 122 Å². The van der Waals surface area contributed by atoms with E-state index in [1.165, 1.54) is 0 Å². The molecule has 8 heteroatoms. The van der Waals surface area contributed by atoms with Gasteiger partial charge in [-0.25, -0.2) is 4.68 Å². The van der Waals surface area contributed by atoms with Crippen LogP contribution in [0.3, 0.4) is 0 Å². The number of aromatic nitrogens is 3. The highest BCUT2D eigenvalue weighted by Gasteiger charge is 2.23. The molecule has 1 heterocycles. The first kappa shape index (κ1) is 15.1. The van der Waals surface area contributed by atoms with Crippen LogP contribution in [-0.4, -0.2) is 28.0 Å². The lowest BCUT2D eigenvalue weighted by molar-refractivity contribution is 0.214. The summed E-state index contributed by atoms with van der Waals surface area (Å²) in [6.07, 6.45) is 1.56. The second kappa shape index (κ2) is 6.95. The third-order valence-electron chi connectivity index (χ3n) is 2.26. The Morgan fingerprint density at radius 1 is 1.15 bits per heavy atom. The van der Waals surface area contributed by atoms with Gasteiger partial charge in [0.2, 0.25) is 0 Å². The van der Waals surface area contributed by atoms with E-state index in [1.807, 2.05) is 44.2 Å². The lowest BCUT2D eigenvalue weighted by atomic mass is 10.9. The molecule has 0 fully saturated rings. The van der Waals surface area contributed by atoms with Gasteiger partial charge in [-0.15, -0.1) is 5.10 Å². The van der Waals surface area contributed by atoms with Crippen LogP contribution in [0.15, 0.2) is 36.7 Å². The summed E-state index contributed by atoms with van der Waals surface area (Å²) in [5, 5.41) is 4.21. The van der Waals surface area contributed by atoms with Crippen molar-refractivity contribution in [2.24, 2.45) is 0 Å². The molecule has 20 heavy (non-hydrogen) atoms. The maximum Gasteiger partial charge on any atom is 0.382 e. The third kappa shape index (κ3) is 3.86. The molecule has 0 saturated carbocycles. The molecule has 6 nitrogen and oxygen atoms in total. The summed E-state index contributed by atoms with van der Waals surface area (Å²) in [5.74, 6) is 0. The van der Waals surface area contributed by atoms with Crippen LogP contribution >= 0.6 is 6.72 Å². The monoisotopic (exact) mass is 319 g/mol. The summed E-state index contributed by atoms with van der Waals surface area (Å²) in [6, 6.07) is 9.75. The van der Waals surface area contributed by atoms with Crippen molar-refractivity contribution in [1.82, 2.24) is 14.8 Å². The molecule has 0 atom stereocenters. The maximum absolute atomic E-state index is 5.52. The van der Waals surface area contributed by atoms with Gasteiger partial charge in [0, 0.05) is 11.8 Å². The van der Waals surface area contributed by atoms with Crippen LogP contribution in [0.1, 0.15) is 13.8 Å². The van der Waals surface area contributed by atoms with E-state index in [4.69, 9.17) is 25.4 Å². The Morgan fingerprint density at radius 2 is 1.80 bits per heavy atom. The summed E-state index contributed by atoms with van der Waals surface area (Å²) < 4.78 is 17.9. The molecule has 0 N–H and O–H groups in total. The highest BCUT2D eigenvalue weighted by Crippen LogP contribution is 2.48. The Kier molecular flexibility index (Phi) is 5.25. The standard InChI is InChI=1S/C12H16N3O3PS/c1-3-16-19(20,17-4-2)18-12-13-10-15(14-12)11-8-6-5-7-9-11/h5-10H,3-4H2,1-2H3/i5+1,6+1,7+1,8+1,9+1,11+1. The number of hydrogen-bond donors (Lipinski definition) is 0. The zero-order valence-electron chi connectivity index (χ0n) is 11.3. The van der Waals surface area contributed by atoms with Gasteiger partial charge in [0.1, 0.15) is 6.33 Å². The SMILES string of the molecule is CCOP(=S)(OCC)Oc1ncn(-[13c]2[13cH][13cH][13cH][13cH][13cH]2)n1. The zero-order valence-corrected chi connectivity index (χ0v) is 13.0. The average Bonchev–Trinajstić information content (AvgIpc) is 2.88. The number of hydrogen-bond acceptors (Lipinski definition) is 6. The van der Waals surface area contributed by atoms with Crippen LogP contribution in [0.5, 0.6) is 6.01 Å². The van der Waals surface area contributed by atoms with Crippen LogP contribution < -0.4 is 4.52 Å². The van der Waals surface area contributed by atoms with Crippen LogP contribution in [0.25, 0.3) is 5.69 Å². The lowest BCUT2D eigenvalue weighted by Crippen LogP contribution is -2.03. The minimum absolute atomic E-state index is 0.152. The molecule has 0 saturated heterocycles. The zero-order chi connectivity index (χ0) is 14.4. The molecule has 0 aliphatic heterocycles. The van der Waals surface area contributed by atoms with Gasteiger partial charge in [0.15, 0.2) is 0 Å². The number of rotatable bonds is 7. The number of nitrogens with zero attached hydrogens (tertiary/aromatic N) is 3. The van der Waals surface area contributed by atoms with Crippen molar-refractivity contribution in [2.75, 3.05) is 13.2 Å². The van der Waals surface area contributed by atoms with E-state index in [0.717, 1.165) is 5.69 Å². The predicted octanol–water partition coefficient (Wildman–Crippen LogP) is 2.94. The van der Waals surface area contributed by atoms with E-state index in [1.54, 1.807) is 11.0 Å². The average molecular weight is 319 g/mol. The van der Waals surface area contributed by atoms with Gasteiger partial charge in [-0.1, -0.05) is 18.2 Å². The summed E-state index contributed by atoms with van der Waals surface area (Å²) in [4.78, 5) is 4.07. The molecule has 2 rings (SSSR count). The van der Waals surface area contributed by atoms with E-state index in [-0.39, 0.29) is 6.01 Å². The van der Waals surface area contributed by atoms with Crippen LogP contribution in [0, 0.1) is 0 Å². The molecule has 0 unspecified atom stereocenters. The van der Waals surface area contributed by atoms with Crippen LogP contribution in [0.4, 0.5) is 0 Å². The first-order chi connectivity index (χ1) is 9.67. The van der Waals surface area contributed by atoms with Gasteiger partial charge in [0.05, 0.1) is 18.9 Å². The fraction of sp³-hybridized carbons (Fsp3) is 0.333. The van der Waals surface area contributed by atoms with E-state index >= 15 is 0 Å². The first-order valence-corrected chi connectivity index (χ1v) is 8.78. The second-order valence-corrected chi connectivity index (χ2v) is 6.62. The third-order valence-corrected chi connectivity index (χ3v) is 4.65. The van der Waals surface area contributed by atoms with Gasteiger partial charge in [-0.3, -0.25) is 9.05 Å². The molecule has 2 aromatic rings. The lowest BCUT2D eigenvalue weighted by Gasteiger charge is -2.18. The molecule has 0 bridgehead atoms. The summed E-state index contributed by atoms with van der Waals surface area (Å²) in [6.45, 7) is 1.67. The van der Waals surface area contributed by atoms with Crippen LogP contribution in [-0.2, 0) is 20.9 Å². The molecule has 1 aromatic carbocycles. The smallest absolute Gasteiger partial charge is 0.382 e. The summed E-state index contributed by atoms with van der Waals surface area (Å²) >= 11 is 5.26. The van der Waals surface area contributed by atoms with Crippen molar-refractivity contribution in [3.63, 3.8) is 0 Å². The Morgan fingerprint density at radius 3 is 2.40 bits per heavy atom. The van der Waals surface area contributed by atoms with E-state index < -0.39 is 6.72 Å². The predicted molar refractivity (Wildman–Crippen MR) is 79.5 cm³/mol. The van der Waals surface area contributed by atoms with Crippen molar-refractivity contribution < 1.29 is 13.6 Å². The molecule has 0 spiro atoms. The van der Waals surface area contributed by atoms with Crippen molar-refractivity contribution in [2.45, 2.75) is 13.8 Å². The molecule has 0 aliphatic carbocycles. The fourth-order valence-electron chi connectivity index (χ4n) is 1.50. The summed E-state index contributed by atoms with van der Waals surface area (Å²) in [7, 11) is 0. The minimum atomic E-state index is -2.82. The number of para-hydroxylation sites is 1. The molecule has 0 radical (unpaired) electrons. The number of benzene rings is 1. The van der Waals surface area contributed by atoms with Crippen LogP contribution in [0.2, 0.25) is 0 Å². The quantitative estimate of drug-likeness (QED) is 0.731. The van der Waals surface area contributed by atoms with E-state index in [2.05, 4.69) is 10.1 Å². The molecule has 1 aromatic heterocycles. The largest absolute Gasteiger partial charge is 0.388 e. The summed E-state index contributed by atoms with van der Waals surface area (Å²) in [5.41, 5.74) is 0.885. The van der Waals surface area contributed by atoms with Gasteiger partial charge < -0.3 is 4.52 Å². The molecular weight excluding hydrogens is 303 g/mol. The molecule has 0 amide bonds. The highest BCUT2D eigenvalue weighted by molar-refractivity contribution is 8.07. The molecule has 0 aliphatic rings. The fourth-order valence-corrected chi connectivity index (χ4v) is 3.43. The van der Waals surface area contributed by atoms with E-state index in [9.17, 15) is 0 Å². The van der Waals surface area contributed by atoms with Gasteiger partial charge in [-0.05, 0) is 26.0 Å². The second-order valence-electron chi connectivity index (χ2n) is 3.68. The molecular formula is C12H16N3O3PS. The molecule has 108 valence electrons. The van der Waals surface area contributed by atoms with Gasteiger partial charge >= 0.3 is 12.7 Å². The van der Waals surface area contributed by atoms with Crippen molar-refractivity contribution in [1.29, 1.82) is 0 Å². The Balaban J connectivity index is 2.15. The van der Waals surface area contributed by atoms with Crippen molar-refractivity contribution in [3.8, 4) is 11.7 Å². The maximum atomic E-state index is 5.52. The Bertz CT molecular complexity index is 581. The van der Waals surface area contributed by atoms with Crippen molar-refractivity contribution in [3.05, 3.63) is 36.7 Å². The Hall–Kier alpha value is -1.27. The topological polar surface area (TPSA) is 58.4 Å². The van der Waals surface area contributed by atoms with Gasteiger partial charge in [0.25, 0.3) is 0 Å². The first-order valence-electron chi connectivity index (χ1n) is 6.22. The van der Waals surface area contributed by atoms with Gasteiger partial charge in [-0.2, -0.15) is 4.98 Å². The highest BCUT2D eigenvalue weighted by atomic mass is 32.5. The van der Waals surface area contributed by atoms with E-state index in [0.29, 0.717) is 13.2 Å².